The first-order valence-electron chi connectivity index (χ1n) is 6.88. The Hall–Kier alpha value is -1.60. The molecule has 0 spiro atoms. The predicted octanol–water partition coefficient (Wildman–Crippen LogP) is 2.66. The number of nitrogens with two attached hydrogens (primary N) is 1. The van der Waals surface area contributed by atoms with Crippen molar-refractivity contribution in [1.82, 2.24) is 4.90 Å². The predicted molar refractivity (Wildman–Crippen MR) is 86.2 cm³/mol. The van der Waals surface area contributed by atoms with Crippen molar-refractivity contribution in [2.45, 2.75) is 33.0 Å². The molecule has 1 rings (SSSR count). The van der Waals surface area contributed by atoms with E-state index in [4.69, 9.17) is 10.5 Å². The van der Waals surface area contributed by atoms with E-state index in [0.717, 1.165) is 0 Å². The molecule has 0 radical (unpaired) electrons. The first-order chi connectivity index (χ1) is 10.3. The fourth-order valence-corrected chi connectivity index (χ4v) is 1.93. The van der Waals surface area contributed by atoms with Crippen LogP contribution < -0.4 is 15.2 Å². The number of methoxy groups -OCH3 is 1. The summed E-state index contributed by atoms with van der Waals surface area (Å²) < 4.78 is 34.2. The Kier molecular flexibility index (Phi) is 8.86. The monoisotopic (exact) mass is 352 g/mol. The molecule has 0 aliphatic carbocycles. The highest BCUT2D eigenvalue weighted by Crippen LogP contribution is 2.30. The quantitative estimate of drug-likeness (QED) is 0.819. The molecular formula is C15H23ClF2N2O3. The summed E-state index contributed by atoms with van der Waals surface area (Å²) in [7, 11) is 3.01. The van der Waals surface area contributed by atoms with Crippen LogP contribution in [0, 0.1) is 5.92 Å². The van der Waals surface area contributed by atoms with Gasteiger partial charge in [0.1, 0.15) is 0 Å². The number of carbonyl (C=O) groups is 1. The van der Waals surface area contributed by atoms with Gasteiger partial charge in [-0.3, -0.25) is 4.79 Å². The Bertz CT molecular complexity index is 515. The number of hydrogen-bond donors (Lipinski definition) is 1. The maximum absolute atomic E-state index is 12.4. The van der Waals surface area contributed by atoms with Crippen molar-refractivity contribution in [2.75, 3.05) is 14.2 Å². The van der Waals surface area contributed by atoms with Crippen molar-refractivity contribution in [3.8, 4) is 11.5 Å². The van der Waals surface area contributed by atoms with Gasteiger partial charge in [-0.05, 0) is 24.6 Å². The number of ether oxygens (including phenoxy) is 2. The largest absolute Gasteiger partial charge is 0.493 e. The van der Waals surface area contributed by atoms with Crippen LogP contribution >= 0.6 is 12.4 Å². The average molecular weight is 353 g/mol. The summed E-state index contributed by atoms with van der Waals surface area (Å²) >= 11 is 0. The lowest BCUT2D eigenvalue weighted by Crippen LogP contribution is -2.39. The van der Waals surface area contributed by atoms with Gasteiger partial charge in [-0.25, -0.2) is 0 Å². The highest BCUT2D eigenvalue weighted by molar-refractivity contribution is 5.85. The Balaban J connectivity index is 0.00000484. The number of nitrogens with zero attached hydrogens (tertiary/aromatic N) is 1. The van der Waals surface area contributed by atoms with Crippen LogP contribution in [0.3, 0.4) is 0 Å². The van der Waals surface area contributed by atoms with E-state index in [0.29, 0.717) is 5.56 Å². The molecule has 0 aliphatic heterocycles. The molecule has 0 bridgehead atoms. The van der Waals surface area contributed by atoms with E-state index in [-0.39, 0.29) is 48.3 Å². The standard InChI is InChI=1S/C15H22F2N2O3.ClH/c1-9(10(2)18)14(20)19(3)8-11-5-6-12(21-4)13(7-11)22-15(16)17;/h5-7,9-10,15H,8,18H2,1-4H3;1H. The lowest BCUT2D eigenvalue weighted by Gasteiger charge is -2.24. The van der Waals surface area contributed by atoms with Crippen LogP contribution in [0.1, 0.15) is 19.4 Å². The fourth-order valence-electron chi connectivity index (χ4n) is 1.93. The third-order valence-electron chi connectivity index (χ3n) is 3.42. The number of halogens is 3. The van der Waals surface area contributed by atoms with E-state index in [2.05, 4.69) is 4.74 Å². The Morgan fingerprint density at radius 1 is 1.30 bits per heavy atom. The smallest absolute Gasteiger partial charge is 0.387 e. The third-order valence-corrected chi connectivity index (χ3v) is 3.42. The fraction of sp³-hybridized carbons (Fsp3) is 0.533. The first-order valence-corrected chi connectivity index (χ1v) is 6.88. The third kappa shape index (κ3) is 6.19. The molecule has 0 fully saturated rings. The maximum Gasteiger partial charge on any atom is 0.387 e. The van der Waals surface area contributed by atoms with E-state index in [1.54, 1.807) is 27.0 Å². The number of carbonyl (C=O) groups excluding carboxylic acids is 1. The number of alkyl halides is 2. The molecule has 23 heavy (non-hydrogen) atoms. The zero-order chi connectivity index (χ0) is 16.9. The molecule has 2 atom stereocenters. The zero-order valence-electron chi connectivity index (χ0n) is 13.6. The molecular weight excluding hydrogens is 330 g/mol. The van der Waals surface area contributed by atoms with Gasteiger partial charge in [0.25, 0.3) is 0 Å². The van der Waals surface area contributed by atoms with Crippen LogP contribution in [0.2, 0.25) is 0 Å². The molecule has 0 aliphatic rings. The number of amides is 1. The van der Waals surface area contributed by atoms with Crippen molar-refractivity contribution >= 4 is 18.3 Å². The summed E-state index contributed by atoms with van der Waals surface area (Å²) in [5.41, 5.74) is 6.37. The molecule has 1 aromatic rings. The molecule has 1 aromatic carbocycles. The Labute approximate surface area is 141 Å². The minimum absolute atomic E-state index is 0. The Morgan fingerprint density at radius 2 is 1.91 bits per heavy atom. The molecule has 0 heterocycles. The lowest BCUT2D eigenvalue weighted by molar-refractivity contribution is -0.134. The summed E-state index contributed by atoms with van der Waals surface area (Å²) in [6.45, 7) is 0.836. The van der Waals surface area contributed by atoms with Gasteiger partial charge in [0, 0.05) is 19.6 Å². The van der Waals surface area contributed by atoms with Gasteiger partial charge in [-0.2, -0.15) is 8.78 Å². The molecule has 0 aromatic heterocycles. The number of benzene rings is 1. The van der Waals surface area contributed by atoms with Gasteiger partial charge in [0.2, 0.25) is 5.91 Å². The van der Waals surface area contributed by atoms with E-state index >= 15 is 0 Å². The lowest BCUT2D eigenvalue weighted by atomic mass is 10.0. The van der Waals surface area contributed by atoms with Crippen LogP contribution in [0.15, 0.2) is 18.2 Å². The summed E-state index contributed by atoms with van der Waals surface area (Å²) in [6, 6.07) is 4.40. The van der Waals surface area contributed by atoms with Crippen LogP contribution in [-0.2, 0) is 11.3 Å². The van der Waals surface area contributed by atoms with Crippen LogP contribution in [0.4, 0.5) is 8.78 Å². The summed E-state index contributed by atoms with van der Waals surface area (Å²) in [6.07, 6.45) is 0. The highest BCUT2D eigenvalue weighted by Gasteiger charge is 2.21. The van der Waals surface area contributed by atoms with Gasteiger partial charge in [-0.15, -0.1) is 12.4 Å². The van der Waals surface area contributed by atoms with Gasteiger partial charge >= 0.3 is 6.61 Å². The van der Waals surface area contributed by atoms with Crippen LogP contribution in [-0.4, -0.2) is 37.6 Å². The summed E-state index contributed by atoms with van der Waals surface area (Å²) in [4.78, 5) is 13.6. The molecule has 8 heteroatoms. The van der Waals surface area contributed by atoms with Crippen molar-refractivity contribution < 1.29 is 23.0 Å². The number of rotatable bonds is 7. The second kappa shape index (κ2) is 9.52. The Morgan fingerprint density at radius 3 is 2.39 bits per heavy atom. The second-order valence-corrected chi connectivity index (χ2v) is 5.21. The average Bonchev–Trinajstić information content (AvgIpc) is 2.45. The van der Waals surface area contributed by atoms with Crippen molar-refractivity contribution in [3.63, 3.8) is 0 Å². The zero-order valence-corrected chi connectivity index (χ0v) is 14.4. The molecule has 0 saturated heterocycles. The molecule has 1 amide bonds. The molecule has 0 saturated carbocycles. The summed E-state index contributed by atoms with van der Waals surface area (Å²) in [5, 5.41) is 0. The molecule has 2 N–H and O–H groups in total. The summed E-state index contributed by atoms with van der Waals surface area (Å²) in [5.74, 6) is -0.278. The van der Waals surface area contributed by atoms with Crippen LogP contribution in [0.25, 0.3) is 0 Å². The van der Waals surface area contributed by atoms with Gasteiger partial charge in [0.05, 0.1) is 13.0 Å². The molecule has 132 valence electrons. The minimum atomic E-state index is -2.94. The minimum Gasteiger partial charge on any atom is -0.493 e. The molecule has 5 nitrogen and oxygen atoms in total. The molecule has 2 unspecified atom stereocenters. The normalized spacial score (nSPS) is 13.0. The van der Waals surface area contributed by atoms with E-state index in [9.17, 15) is 13.6 Å². The maximum atomic E-state index is 12.4. The van der Waals surface area contributed by atoms with Crippen LogP contribution in [0.5, 0.6) is 11.5 Å². The highest BCUT2D eigenvalue weighted by atomic mass is 35.5. The van der Waals surface area contributed by atoms with E-state index < -0.39 is 6.61 Å². The van der Waals surface area contributed by atoms with Gasteiger partial charge in [-0.1, -0.05) is 13.0 Å². The number of hydrogen-bond acceptors (Lipinski definition) is 4. The topological polar surface area (TPSA) is 64.8 Å². The van der Waals surface area contributed by atoms with Crippen molar-refractivity contribution in [3.05, 3.63) is 23.8 Å². The SMILES string of the molecule is COc1ccc(CN(C)C(=O)C(C)C(C)N)cc1OC(F)F.Cl. The van der Waals surface area contributed by atoms with Gasteiger partial charge < -0.3 is 20.1 Å². The van der Waals surface area contributed by atoms with Crippen molar-refractivity contribution in [1.29, 1.82) is 0 Å². The first kappa shape index (κ1) is 21.4. The van der Waals surface area contributed by atoms with E-state index in [1.807, 2.05) is 0 Å². The second-order valence-electron chi connectivity index (χ2n) is 5.21. The van der Waals surface area contributed by atoms with Crippen molar-refractivity contribution in [2.24, 2.45) is 11.7 Å². The van der Waals surface area contributed by atoms with Gasteiger partial charge in [0.15, 0.2) is 11.5 Å². The van der Waals surface area contributed by atoms with E-state index in [1.165, 1.54) is 24.1 Å².